The van der Waals surface area contributed by atoms with E-state index in [0.29, 0.717) is 11.8 Å². The van der Waals surface area contributed by atoms with E-state index in [4.69, 9.17) is 16.3 Å². The number of halogens is 4. The molecular formula is C25H21ClF3N5O3. The topological polar surface area (TPSA) is 103 Å². The molecule has 0 saturated carbocycles. The molecule has 37 heavy (non-hydrogen) atoms. The molecule has 3 aromatic heterocycles. The standard InChI is InChI=1S/C25H21ClF3N5O3/c1-12-7-18(37-11-17-15(28)8-14(27)9-31-17)20(26)21(29)23(12)34-13(2)22(32-10-19(34)35)16-5-6-30-24(33-16)25(3,4)36/h5-10,36H,11H2,1-4H3. The van der Waals surface area contributed by atoms with E-state index in [1.54, 1.807) is 19.9 Å². The first kappa shape index (κ1) is 26.2. The number of nitrogens with zero attached hydrogens (tertiary/aromatic N) is 5. The zero-order valence-electron chi connectivity index (χ0n) is 20.2. The van der Waals surface area contributed by atoms with Crippen LogP contribution in [0.4, 0.5) is 13.2 Å². The molecule has 0 bridgehead atoms. The van der Waals surface area contributed by atoms with Crippen LogP contribution in [-0.2, 0) is 12.2 Å². The predicted octanol–water partition coefficient (Wildman–Crippen LogP) is 4.58. The average Bonchev–Trinajstić information content (AvgIpc) is 2.83. The molecule has 0 fully saturated rings. The minimum Gasteiger partial charge on any atom is -0.485 e. The quantitative estimate of drug-likeness (QED) is 0.388. The van der Waals surface area contributed by atoms with Crippen LogP contribution in [0.2, 0.25) is 5.02 Å². The van der Waals surface area contributed by atoms with Crippen LogP contribution in [0.3, 0.4) is 0 Å². The number of aliphatic hydroxyl groups is 1. The highest BCUT2D eigenvalue weighted by Crippen LogP contribution is 2.35. The highest BCUT2D eigenvalue weighted by molar-refractivity contribution is 6.32. The average molecular weight is 532 g/mol. The van der Waals surface area contributed by atoms with Crippen molar-refractivity contribution in [3.8, 4) is 22.8 Å². The number of benzene rings is 1. The summed E-state index contributed by atoms with van der Waals surface area (Å²) < 4.78 is 49.1. The van der Waals surface area contributed by atoms with Gasteiger partial charge in [0.25, 0.3) is 5.56 Å². The van der Waals surface area contributed by atoms with Gasteiger partial charge >= 0.3 is 0 Å². The van der Waals surface area contributed by atoms with Crippen molar-refractivity contribution in [2.75, 3.05) is 0 Å². The van der Waals surface area contributed by atoms with E-state index >= 15 is 4.39 Å². The Morgan fingerprint density at radius 1 is 1.11 bits per heavy atom. The Bertz CT molecular complexity index is 1570. The fourth-order valence-corrected chi connectivity index (χ4v) is 3.84. The van der Waals surface area contributed by atoms with Crippen molar-refractivity contribution < 1.29 is 23.0 Å². The number of aryl methyl sites for hydroxylation is 1. The largest absolute Gasteiger partial charge is 0.485 e. The third-order valence-corrected chi connectivity index (χ3v) is 5.81. The summed E-state index contributed by atoms with van der Waals surface area (Å²) >= 11 is 6.23. The molecule has 4 aromatic rings. The van der Waals surface area contributed by atoms with E-state index < -0.39 is 40.2 Å². The molecule has 192 valence electrons. The van der Waals surface area contributed by atoms with Crippen molar-refractivity contribution in [2.24, 2.45) is 0 Å². The summed E-state index contributed by atoms with van der Waals surface area (Å²) in [6.07, 6.45) is 3.30. The first-order chi connectivity index (χ1) is 17.4. The first-order valence-electron chi connectivity index (χ1n) is 10.9. The second-order valence-corrected chi connectivity index (χ2v) is 9.11. The van der Waals surface area contributed by atoms with Crippen molar-refractivity contribution in [3.05, 3.63) is 92.4 Å². The number of hydrogen-bond donors (Lipinski definition) is 1. The summed E-state index contributed by atoms with van der Waals surface area (Å²) in [6, 6.07) is 3.60. The summed E-state index contributed by atoms with van der Waals surface area (Å²) in [5.41, 5.74) is -1.15. The van der Waals surface area contributed by atoms with Gasteiger partial charge in [0, 0.05) is 12.3 Å². The van der Waals surface area contributed by atoms with Gasteiger partial charge in [-0.1, -0.05) is 11.6 Å². The highest BCUT2D eigenvalue weighted by atomic mass is 35.5. The molecule has 3 heterocycles. The molecule has 12 heteroatoms. The molecule has 0 atom stereocenters. The van der Waals surface area contributed by atoms with E-state index in [1.807, 2.05) is 0 Å². The zero-order valence-corrected chi connectivity index (χ0v) is 20.9. The summed E-state index contributed by atoms with van der Waals surface area (Å²) in [5, 5.41) is 9.82. The van der Waals surface area contributed by atoms with E-state index in [0.717, 1.165) is 17.0 Å². The van der Waals surface area contributed by atoms with Crippen molar-refractivity contribution in [2.45, 2.75) is 39.9 Å². The lowest BCUT2D eigenvalue weighted by Gasteiger charge is -2.19. The van der Waals surface area contributed by atoms with Crippen LogP contribution in [-0.4, -0.2) is 29.6 Å². The Labute approximate surface area is 214 Å². The fourth-order valence-electron chi connectivity index (χ4n) is 3.65. The van der Waals surface area contributed by atoms with Crippen LogP contribution in [0.15, 0.2) is 41.6 Å². The Morgan fingerprint density at radius 3 is 2.51 bits per heavy atom. The van der Waals surface area contributed by atoms with Gasteiger partial charge in [-0.2, -0.15) is 0 Å². The minimum atomic E-state index is -1.32. The molecule has 0 spiro atoms. The van der Waals surface area contributed by atoms with Crippen LogP contribution >= 0.6 is 11.6 Å². The Hall–Kier alpha value is -3.83. The maximum absolute atomic E-state index is 15.6. The molecule has 0 unspecified atom stereocenters. The molecule has 1 N–H and O–H groups in total. The molecule has 0 radical (unpaired) electrons. The van der Waals surface area contributed by atoms with Crippen LogP contribution in [0.25, 0.3) is 17.1 Å². The SMILES string of the molecule is Cc1cc(OCc2ncc(F)cc2F)c(Cl)c(F)c1-n1c(C)c(-c2ccnc(C(C)(C)O)n2)ncc1=O. The van der Waals surface area contributed by atoms with E-state index in [-0.39, 0.29) is 39.9 Å². The molecule has 1 aromatic carbocycles. The summed E-state index contributed by atoms with van der Waals surface area (Å²) in [6.45, 7) is 5.73. The van der Waals surface area contributed by atoms with Crippen molar-refractivity contribution in [1.82, 2.24) is 24.5 Å². The normalized spacial score (nSPS) is 11.6. The number of aromatic nitrogens is 5. The summed E-state index contributed by atoms with van der Waals surface area (Å²) in [7, 11) is 0. The van der Waals surface area contributed by atoms with Gasteiger partial charge in [-0.15, -0.1) is 0 Å². The second-order valence-electron chi connectivity index (χ2n) is 8.73. The molecule has 0 aliphatic heterocycles. The van der Waals surface area contributed by atoms with Crippen LogP contribution in [0, 0.1) is 31.3 Å². The fraction of sp³-hybridized carbons (Fsp3) is 0.240. The Kier molecular flexibility index (Phi) is 7.03. The number of pyridine rings is 1. The van der Waals surface area contributed by atoms with Crippen molar-refractivity contribution >= 4 is 11.6 Å². The van der Waals surface area contributed by atoms with Crippen molar-refractivity contribution in [1.29, 1.82) is 0 Å². The van der Waals surface area contributed by atoms with Gasteiger partial charge in [-0.05, 0) is 45.4 Å². The molecular weight excluding hydrogens is 511 g/mol. The number of hydrogen-bond acceptors (Lipinski definition) is 7. The second kappa shape index (κ2) is 9.91. The molecule has 0 saturated heterocycles. The molecule has 0 aliphatic carbocycles. The van der Waals surface area contributed by atoms with Gasteiger partial charge in [0.15, 0.2) is 17.5 Å². The maximum Gasteiger partial charge on any atom is 0.273 e. The maximum atomic E-state index is 15.6. The highest BCUT2D eigenvalue weighted by Gasteiger charge is 2.24. The summed E-state index contributed by atoms with van der Waals surface area (Å²) in [5.74, 6) is -2.69. The van der Waals surface area contributed by atoms with Crippen molar-refractivity contribution in [3.63, 3.8) is 0 Å². The van der Waals surface area contributed by atoms with Crippen LogP contribution < -0.4 is 10.3 Å². The van der Waals surface area contributed by atoms with E-state index in [1.165, 1.54) is 26.1 Å². The van der Waals surface area contributed by atoms with Gasteiger partial charge in [-0.25, -0.2) is 28.1 Å². The first-order valence-corrected chi connectivity index (χ1v) is 11.3. The van der Waals surface area contributed by atoms with E-state index in [9.17, 15) is 18.7 Å². The molecule has 0 aliphatic rings. The monoisotopic (exact) mass is 531 g/mol. The smallest absolute Gasteiger partial charge is 0.273 e. The Balaban J connectivity index is 1.77. The minimum absolute atomic E-state index is 0.114. The van der Waals surface area contributed by atoms with Crippen LogP contribution in [0.5, 0.6) is 5.75 Å². The lowest BCUT2D eigenvalue weighted by atomic mass is 10.1. The zero-order chi connectivity index (χ0) is 27.1. The van der Waals surface area contributed by atoms with Gasteiger partial charge in [0.1, 0.15) is 40.2 Å². The summed E-state index contributed by atoms with van der Waals surface area (Å²) in [4.78, 5) is 29.0. The number of rotatable bonds is 6. The molecule has 0 amide bonds. The van der Waals surface area contributed by atoms with Gasteiger partial charge in [-0.3, -0.25) is 14.3 Å². The van der Waals surface area contributed by atoms with Gasteiger partial charge in [0.05, 0.1) is 29.5 Å². The molecule has 8 nitrogen and oxygen atoms in total. The lowest BCUT2D eigenvalue weighted by Crippen LogP contribution is -2.24. The number of ether oxygens (including phenoxy) is 1. The van der Waals surface area contributed by atoms with Crippen LogP contribution in [0.1, 0.15) is 36.6 Å². The Morgan fingerprint density at radius 2 is 1.84 bits per heavy atom. The third-order valence-electron chi connectivity index (χ3n) is 5.46. The van der Waals surface area contributed by atoms with Gasteiger partial charge < -0.3 is 9.84 Å². The lowest BCUT2D eigenvalue weighted by molar-refractivity contribution is 0.0688. The third kappa shape index (κ3) is 5.18. The molecule has 4 rings (SSSR count). The van der Waals surface area contributed by atoms with Gasteiger partial charge in [0.2, 0.25) is 0 Å². The predicted molar refractivity (Wildman–Crippen MR) is 129 cm³/mol. The van der Waals surface area contributed by atoms with E-state index in [2.05, 4.69) is 19.9 Å².